The van der Waals surface area contributed by atoms with Gasteiger partial charge in [-0.05, 0) is 41.7 Å². The maximum Gasteiger partial charge on any atom is 0.162 e. The molecule has 1 unspecified atom stereocenters. The number of nitrogens with two attached hydrogens (primary N) is 1. The van der Waals surface area contributed by atoms with Crippen LogP contribution in [0.1, 0.15) is 38.2 Å². The molecule has 1 atom stereocenters. The van der Waals surface area contributed by atoms with Crippen molar-refractivity contribution in [3.05, 3.63) is 81.0 Å². The molecule has 2 aliphatic rings. The Morgan fingerprint density at radius 1 is 1.27 bits per heavy atom. The summed E-state index contributed by atoms with van der Waals surface area (Å²) in [4.78, 5) is 19.4. The molecule has 1 aliphatic carbocycles. The number of allylic oxidation sites excluding steroid dienone is 3. The molecule has 0 saturated heterocycles. The second-order valence-electron chi connectivity index (χ2n) is 8.36. The number of ketones is 1. The third kappa shape index (κ3) is 3.36. The van der Waals surface area contributed by atoms with Crippen molar-refractivity contribution in [2.45, 2.75) is 32.6 Å². The molecule has 1 aromatic heterocycles. The predicted molar refractivity (Wildman–Crippen MR) is 118 cm³/mol. The highest BCUT2D eigenvalue weighted by molar-refractivity contribution is 6.35. The van der Waals surface area contributed by atoms with Gasteiger partial charge in [-0.3, -0.25) is 14.7 Å². The largest absolute Gasteiger partial charge is 0.384 e. The number of anilines is 1. The average Bonchev–Trinajstić information content (AvgIpc) is 2.67. The second-order valence-corrected chi connectivity index (χ2v) is 9.20. The molecule has 0 spiro atoms. The number of nitriles is 1. The summed E-state index contributed by atoms with van der Waals surface area (Å²) in [6.07, 6.45) is 4.35. The molecule has 0 amide bonds. The molecule has 2 N–H and O–H groups in total. The van der Waals surface area contributed by atoms with Gasteiger partial charge in [-0.1, -0.05) is 43.1 Å². The number of rotatable bonds is 2. The molecule has 0 bridgehead atoms. The third-order valence-corrected chi connectivity index (χ3v) is 6.12. The fourth-order valence-electron chi connectivity index (χ4n) is 4.34. The Morgan fingerprint density at radius 3 is 2.67 bits per heavy atom. The van der Waals surface area contributed by atoms with Crippen LogP contribution in [0, 0.1) is 16.7 Å². The summed E-state index contributed by atoms with van der Waals surface area (Å²) in [5.41, 5.74) is 9.31. The average molecular weight is 439 g/mol. The minimum absolute atomic E-state index is 0.00796. The number of hydrogen-bond donors (Lipinski definition) is 1. The molecule has 0 radical (unpaired) electrons. The van der Waals surface area contributed by atoms with E-state index in [4.69, 9.17) is 28.9 Å². The van der Waals surface area contributed by atoms with E-state index in [0.29, 0.717) is 39.7 Å². The molecule has 1 aliphatic heterocycles. The molecule has 0 fully saturated rings. The number of halogens is 2. The lowest BCUT2D eigenvalue weighted by Gasteiger charge is -2.43. The number of Topliss-reactive ketones (excluding diaryl/α,β-unsaturated/α-hetero) is 1. The molecule has 152 valence electrons. The Bertz CT molecular complexity index is 1150. The number of benzene rings is 1. The SMILES string of the molecule is CC1(C)CC(=O)C2=C(C1)N(c1cccnc1)C(N)=C(C#N)C2c1ccc(Cl)cc1Cl. The maximum atomic E-state index is 13.4. The van der Waals surface area contributed by atoms with Gasteiger partial charge in [0.05, 0.1) is 29.4 Å². The van der Waals surface area contributed by atoms with Crippen LogP contribution in [-0.2, 0) is 4.79 Å². The molecular weight excluding hydrogens is 419 g/mol. The van der Waals surface area contributed by atoms with Gasteiger partial charge in [0.1, 0.15) is 5.82 Å². The third-order valence-electron chi connectivity index (χ3n) is 5.56. The lowest BCUT2D eigenvalue weighted by Crippen LogP contribution is -2.42. The predicted octanol–water partition coefficient (Wildman–Crippen LogP) is 5.33. The summed E-state index contributed by atoms with van der Waals surface area (Å²) < 4.78 is 0. The van der Waals surface area contributed by atoms with E-state index >= 15 is 0 Å². The van der Waals surface area contributed by atoms with Gasteiger partial charge in [0.25, 0.3) is 0 Å². The van der Waals surface area contributed by atoms with Gasteiger partial charge in [0.15, 0.2) is 5.78 Å². The lowest BCUT2D eigenvalue weighted by molar-refractivity contribution is -0.118. The van der Waals surface area contributed by atoms with Gasteiger partial charge in [0, 0.05) is 33.9 Å². The van der Waals surface area contributed by atoms with Gasteiger partial charge >= 0.3 is 0 Å². The van der Waals surface area contributed by atoms with Crippen molar-refractivity contribution in [1.29, 1.82) is 5.26 Å². The van der Waals surface area contributed by atoms with Gasteiger partial charge in [-0.15, -0.1) is 0 Å². The number of nitrogens with zero attached hydrogens (tertiary/aromatic N) is 3. The molecule has 1 aromatic carbocycles. The zero-order chi connectivity index (χ0) is 21.6. The standard InChI is InChI=1S/C23H20Cl2N4O/c1-23(2)9-18-21(19(30)10-23)20(15-6-5-13(24)8-17(15)25)16(11-26)22(27)29(18)14-4-3-7-28-12-14/h3-8,12,20H,9-10,27H2,1-2H3. The van der Waals surface area contributed by atoms with E-state index in [2.05, 4.69) is 24.9 Å². The summed E-state index contributed by atoms with van der Waals surface area (Å²) >= 11 is 12.6. The number of aromatic nitrogens is 1. The van der Waals surface area contributed by atoms with Crippen LogP contribution >= 0.6 is 23.2 Å². The van der Waals surface area contributed by atoms with Gasteiger partial charge in [-0.2, -0.15) is 5.26 Å². The molecule has 2 aromatic rings. The number of pyridine rings is 1. The smallest absolute Gasteiger partial charge is 0.162 e. The minimum Gasteiger partial charge on any atom is -0.384 e. The zero-order valence-electron chi connectivity index (χ0n) is 16.6. The summed E-state index contributed by atoms with van der Waals surface area (Å²) in [5, 5.41) is 10.9. The lowest BCUT2D eigenvalue weighted by atomic mass is 9.68. The second kappa shape index (κ2) is 7.46. The van der Waals surface area contributed by atoms with Crippen LogP contribution in [0.3, 0.4) is 0 Å². The summed E-state index contributed by atoms with van der Waals surface area (Å²) in [7, 11) is 0. The Balaban J connectivity index is 2.02. The van der Waals surface area contributed by atoms with Crippen molar-refractivity contribution in [2.24, 2.45) is 11.1 Å². The highest BCUT2D eigenvalue weighted by Crippen LogP contribution is 2.51. The van der Waals surface area contributed by atoms with Crippen LogP contribution in [-0.4, -0.2) is 10.8 Å². The minimum atomic E-state index is -0.633. The van der Waals surface area contributed by atoms with Crippen molar-refractivity contribution in [1.82, 2.24) is 4.98 Å². The van der Waals surface area contributed by atoms with Crippen LogP contribution in [0.4, 0.5) is 5.69 Å². The number of carbonyl (C=O) groups excluding carboxylic acids is 1. The van der Waals surface area contributed by atoms with E-state index in [1.54, 1.807) is 41.6 Å². The monoisotopic (exact) mass is 438 g/mol. The van der Waals surface area contributed by atoms with Crippen LogP contribution in [0.2, 0.25) is 10.0 Å². The summed E-state index contributed by atoms with van der Waals surface area (Å²) in [5.74, 6) is -0.358. The first-order valence-corrected chi connectivity index (χ1v) is 10.3. The van der Waals surface area contributed by atoms with E-state index < -0.39 is 5.92 Å². The summed E-state index contributed by atoms with van der Waals surface area (Å²) in [6, 6.07) is 11.0. The number of hydrogen-bond acceptors (Lipinski definition) is 5. The van der Waals surface area contributed by atoms with Crippen LogP contribution in [0.5, 0.6) is 0 Å². The Kier molecular flexibility index (Phi) is 5.09. The number of carbonyl (C=O) groups is 1. The van der Waals surface area contributed by atoms with Gasteiger partial charge in [-0.25, -0.2) is 0 Å². The molecule has 7 heteroatoms. The Morgan fingerprint density at radius 2 is 2.03 bits per heavy atom. The van der Waals surface area contributed by atoms with Crippen molar-refractivity contribution >= 4 is 34.7 Å². The van der Waals surface area contributed by atoms with Crippen molar-refractivity contribution in [3.8, 4) is 6.07 Å². The molecule has 4 rings (SSSR count). The van der Waals surface area contributed by atoms with Crippen LogP contribution in [0.15, 0.2) is 65.4 Å². The van der Waals surface area contributed by atoms with Crippen molar-refractivity contribution in [3.63, 3.8) is 0 Å². The molecule has 0 saturated carbocycles. The van der Waals surface area contributed by atoms with Crippen molar-refractivity contribution in [2.75, 3.05) is 4.90 Å². The normalized spacial score (nSPS) is 20.8. The van der Waals surface area contributed by atoms with E-state index in [0.717, 1.165) is 5.70 Å². The van der Waals surface area contributed by atoms with Gasteiger partial charge < -0.3 is 5.73 Å². The fraction of sp³-hybridized carbons (Fsp3) is 0.261. The molecule has 2 heterocycles. The quantitative estimate of drug-likeness (QED) is 0.684. The van der Waals surface area contributed by atoms with Crippen LogP contribution < -0.4 is 10.6 Å². The Hall–Kier alpha value is -2.81. The highest BCUT2D eigenvalue weighted by atomic mass is 35.5. The first kappa shape index (κ1) is 20.5. The van der Waals surface area contributed by atoms with Gasteiger partial charge in [0.2, 0.25) is 0 Å². The van der Waals surface area contributed by atoms with E-state index in [9.17, 15) is 10.1 Å². The molecule has 30 heavy (non-hydrogen) atoms. The molecule has 5 nitrogen and oxygen atoms in total. The van der Waals surface area contributed by atoms with E-state index in [1.165, 1.54) is 0 Å². The Labute approximate surface area is 185 Å². The first-order valence-electron chi connectivity index (χ1n) is 9.54. The van der Waals surface area contributed by atoms with Crippen molar-refractivity contribution < 1.29 is 4.79 Å². The van der Waals surface area contributed by atoms with E-state index in [-0.39, 0.29) is 22.6 Å². The zero-order valence-corrected chi connectivity index (χ0v) is 18.1. The van der Waals surface area contributed by atoms with E-state index in [1.807, 2.05) is 6.07 Å². The fourth-order valence-corrected chi connectivity index (χ4v) is 4.85. The molecular formula is C23H20Cl2N4O. The highest BCUT2D eigenvalue weighted by Gasteiger charge is 2.45. The van der Waals surface area contributed by atoms with Crippen LogP contribution in [0.25, 0.3) is 0 Å². The summed E-state index contributed by atoms with van der Waals surface area (Å²) in [6.45, 7) is 4.11. The topological polar surface area (TPSA) is 83.0 Å². The maximum absolute atomic E-state index is 13.4. The first-order chi connectivity index (χ1) is 14.2.